The third-order valence-corrected chi connectivity index (χ3v) is 2.53. The first-order chi connectivity index (χ1) is 6.01. The van der Waals surface area contributed by atoms with Gasteiger partial charge in [-0.15, -0.1) is 0 Å². The Labute approximate surface area is 83.4 Å². The van der Waals surface area contributed by atoms with Crippen molar-refractivity contribution in [3.05, 3.63) is 11.4 Å². The minimum Gasteiger partial charge on any atom is -0.375 e. The summed E-state index contributed by atoms with van der Waals surface area (Å²) in [5, 5.41) is 9.18. The van der Waals surface area contributed by atoms with Crippen molar-refractivity contribution in [2.75, 3.05) is 14.1 Å². The second-order valence-corrected chi connectivity index (χ2v) is 3.83. The Bertz CT molecular complexity index is 267. The van der Waals surface area contributed by atoms with Crippen molar-refractivity contribution in [1.29, 1.82) is 0 Å². The quantitative estimate of drug-likeness (QED) is 0.431. The summed E-state index contributed by atoms with van der Waals surface area (Å²) < 4.78 is 0. The summed E-state index contributed by atoms with van der Waals surface area (Å²) in [7, 11) is 3.55. The van der Waals surface area contributed by atoms with Gasteiger partial charge in [-0.05, 0) is 13.8 Å². The molecular formula is C8H15ClN4. The van der Waals surface area contributed by atoms with Crippen LogP contribution >= 0.6 is 11.6 Å². The van der Waals surface area contributed by atoms with Crippen molar-refractivity contribution in [2.45, 2.75) is 18.8 Å². The topological polar surface area (TPSA) is 48.5 Å². The molecule has 1 atom stereocenters. The Balaban J connectivity index is 3.04. The number of guanidine groups is 1. The van der Waals surface area contributed by atoms with Gasteiger partial charge < -0.3 is 16.0 Å². The van der Waals surface area contributed by atoms with Gasteiger partial charge in [-0.3, -0.25) is 4.99 Å². The highest BCUT2D eigenvalue weighted by Crippen LogP contribution is 2.24. The SMILES string of the molecule is CN=C1NC(NC)=C(C)C(C)(Cl)N1. The molecule has 0 aromatic heterocycles. The van der Waals surface area contributed by atoms with Crippen LogP contribution in [-0.2, 0) is 0 Å². The third-order valence-electron chi connectivity index (χ3n) is 2.15. The molecule has 1 heterocycles. The van der Waals surface area contributed by atoms with Crippen LogP contribution in [0.25, 0.3) is 0 Å². The molecule has 0 aromatic carbocycles. The molecule has 0 amide bonds. The molecule has 1 aliphatic rings. The lowest BCUT2D eigenvalue weighted by molar-refractivity contribution is 0.609. The fraction of sp³-hybridized carbons (Fsp3) is 0.625. The summed E-state index contributed by atoms with van der Waals surface area (Å²) in [4.78, 5) is 3.44. The van der Waals surface area contributed by atoms with Crippen LogP contribution in [0.1, 0.15) is 13.8 Å². The van der Waals surface area contributed by atoms with E-state index in [0.29, 0.717) is 5.96 Å². The Morgan fingerprint density at radius 3 is 2.62 bits per heavy atom. The molecule has 0 fully saturated rings. The second kappa shape index (κ2) is 3.46. The summed E-state index contributed by atoms with van der Waals surface area (Å²) in [6.07, 6.45) is 0. The molecule has 5 heteroatoms. The van der Waals surface area contributed by atoms with Crippen LogP contribution in [0.3, 0.4) is 0 Å². The van der Waals surface area contributed by atoms with Gasteiger partial charge in [0.1, 0.15) is 10.8 Å². The minimum atomic E-state index is -0.571. The summed E-state index contributed by atoms with van der Waals surface area (Å²) >= 11 is 6.24. The molecule has 74 valence electrons. The normalized spacial score (nSPS) is 31.3. The first-order valence-electron chi connectivity index (χ1n) is 4.11. The molecule has 13 heavy (non-hydrogen) atoms. The van der Waals surface area contributed by atoms with E-state index in [4.69, 9.17) is 11.6 Å². The van der Waals surface area contributed by atoms with Gasteiger partial charge in [0.25, 0.3) is 0 Å². The van der Waals surface area contributed by atoms with E-state index in [2.05, 4.69) is 20.9 Å². The summed E-state index contributed by atoms with van der Waals surface area (Å²) in [6.45, 7) is 3.86. The van der Waals surface area contributed by atoms with Gasteiger partial charge in [-0.1, -0.05) is 11.6 Å². The Kier molecular flexibility index (Phi) is 2.71. The van der Waals surface area contributed by atoms with Gasteiger partial charge in [0, 0.05) is 19.7 Å². The van der Waals surface area contributed by atoms with E-state index in [1.54, 1.807) is 7.05 Å². The molecule has 0 saturated carbocycles. The zero-order chi connectivity index (χ0) is 10.1. The van der Waals surface area contributed by atoms with Crippen molar-refractivity contribution in [3.63, 3.8) is 0 Å². The minimum absolute atomic E-state index is 0.571. The smallest absolute Gasteiger partial charge is 0.198 e. The molecule has 3 N–H and O–H groups in total. The van der Waals surface area contributed by atoms with Gasteiger partial charge in [-0.2, -0.15) is 0 Å². The molecule has 1 unspecified atom stereocenters. The average Bonchev–Trinajstić information content (AvgIpc) is 2.09. The molecular weight excluding hydrogens is 188 g/mol. The van der Waals surface area contributed by atoms with E-state index < -0.39 is 5.00 Å². The lowest BCUT2D eigenvalue weighted by Gasteiger charge is -2.34. The van der Waals surface area contributed by atoms with E-state index in [9.17, 15) is 0 Å². The number of rotatable bonds is 1. The number of alkyl halides is 1. The van der Waals surface area contributed by atoms with Crippen LogP contribution < -0.4 is 16.0 Å². The van der Waals surface area contributed by atoms with E-state index >= 15 is 0 Å². The standard InChI is InChI=1S/C8H15ClN4/c1-5-6(10-3)12-7(11-4)13-8(5,2)9/h10H,1-4H3,(H2,11,12,13). The first kappa shape index (κ1) is 10.2. The van der Waals surface area contributed by atoms with Crippen LogP contribution in [0.2, 0.25) is 0 Å². The molecule has 0 saturated heterocycles. The van der Waals surface area contributed by atoms with Gasteiger partial charge in [0.2, 0.25) is 0 Å². The molecule has 1 aliphatic heterocycles. The average molecular weight is 203 g/mol. The van der Waals surface area contributed by atoms with Crippen molar-refractivity contribution in [3.8, 4) is 0 Å². The highest BCUT2D eigenvalue weighted by atomic mass is 35.5. The first-order valence-corrected chi connectivity index (χ1v) is 4.49. The molecule has 0 radical (unpaired) electrons. The van der Waals surface area contributed by atoms with E-state index in [1.165, 1.54) is 0 Å². The summed E-state index contributed by atoms with van der Waals surface area (Å²) in [5.74, 6) is 1.57. The molecule has 0 aliphatic carbocycles. The predicted octanol–water partition coefficient (Wildman–Crippen LogP) is 0.571. The van der Waals surface area contributed by atoms with Gasteiger partial charge in [-0.25, -0.2) is 0 Å². The zero-order valence-electron chi connectivity index (χ0n) is 8.33. The van der Waals surface area contributed by atoms with Crippen molar-refractivity contribution >= 4 is 17.6 Å². The number of nitrogens with zero attached hydrogens (tertiary/aromatic N) is 1. The molecule has 4 nitrogen and oxygen atoms in total. The van der Waals surface area contributed by atoms with Crippen LogP contribution in [0.4, 0.5) is 0 Å². The highest BCUT2D eigenvalue weighted by molar-refractivity contribution is 6.26. The van der Waals surface area contributed by atoms with Crippen LogP contribution in [0, 0.1) is 0 Å². The lowest BCUT2D eigenvalue weighted by atomic mass is 10.1. The van der Waals surface area contributed by atoms with Gasteiger partial charge >= 0.3 is 0 Å². The maximum absolute atomic E-state index is 6.24. The van der Waals surface area contributed by atoms with Crippen LogP contribution in [0.5, 0.6) is 0 Å². The van der Waals surface area contributed by atoms with E-state index in [-0.39, 0.29) is 0 Å². The number of hydrogen-bond acceptors (Lipinski definition) is 2. The van der Waals surface area contributed by atoms with Gasteiger partial charge in [0.15, 0.2) is 5.96 Å². The lowest BCUT2D eigenvalue weighted by Crippen LogP contribution is -2.55. The highest BCUT2D eigenvalue weighted by Gasteiger charge is 2.31. The van der Waals surface area contributed by atoms with Crippen molar-refractivity contribution in [2.24, 2.45) is 4.99 Å². The summed E-state index contributed by atoms with van der Waals surface area (Å²) in [6, 6.07) is 0. The third kappa shape index (κ3) is 1.88. The fourth-order valence-corrected chi connectivity index (χ4v) is 1.34. The maximum atomic E-state index is 6.24. The molecule has 0 spiro atoms. The second-order valence-electron chi connectivity index (χ2n) is 3.08. The number of aliphatic imine (C=N–C) groups is 1. The monoisotopic (exact) mass is 202 g/mol. The molecule has 0 aromatic rings. The van der Waals surface area contributed by atoms with E-state index in [1.807, 2.05) is 20.9 Å². The van der Waals surface area contributed by atoms with E-state index in [0.717, 1.165) is 11.4 Å². The molecule has 0 bridgehead atoms. The van der Waals surface area contributed by atoms with Crippen molar-refractivity contribution < 1.29 is 0 Å². The Morgan fingerprint density at radius 1 is 1.54 bits per heavy atom. The zero-order valence-corrected chi connectivity index (χ0v) is 9.08. The number of hydrogen-bond donors (Lipinski definition) is 3. The molecule has 1 rings (SSSR count). The summed E-state index contributed by atoms with van der Waals surface area (Å²) in [5.41, 5.74) is 1.02. The van der Waals surface area contributed by atoms with Crippen molar-refractivity contribution in [1.82, 2.24) is 16.0 Å². The number of nitrogens with one attached hydrogen (secondary N) is 3. The fourth-order valence-electron chi connectivity index (χ4n) is 1.16. The maximum Gasteiger partial charge on any atom is 0.198 e. The number of halogens is 1. The predicted molar refractivity (Wildman–Crippen MR) is 55.6 cm³/mol. The van der Waals surface area contributed by atoms with Gasteiger partial charge in [0.05, 0.1) is 0 Å². The largest absolute Gasteiger partial charge is 0.375 e. The Morgan fingerprint density at radius 2 is 2.15 bits per heavy atom. The van der Waals surface area contributed by atoms with Crippen LogP contribution in [0.15, 0.2) is 16.4 Å². The van der Waals surface area contributed by atoms with Crippen LogP contribution in [-0.4, -0.2) is 25.1 Å². The Hall–Kier alpha value is -0.900.